The van der Waals surface area contributed by atoms with Crippen LogP contribution in [0, 0.1) is 18.3 Å². The average Bonchev–Trinajstić information content (AvgIpc) is 3.03. The number of rotatable bonds is 7. The number of hydrogen-bond acceptors (Lipinski definition) is 5. The summed E-state index contributed by atoms with van der Waals surface area (Å²) in [6.07, 6.45) is 0. The first kappa shape index (κ1) is 24.4. The Labute approximate surface area is 186 Å². The van der Waals surface area contributed by atoms with Gasteiger partial charge in [0.05, 0.1) is 13.8 Å². The number of esters is 1. The van der Waals surface area contributed by atoms with Gasteiger partial charge < -0.3 is 9.47 Å². The maximum Gasteiger partial charge on any atom is 0.344 e. The zero-order chi connectivity index (χ0) is 23.4. The van der Waals surface area contributed by atoms with E-state index < -0.39 is 19.6 Å². The predicted molar refractivity (Wildman–Crippen MR) is 126 cm³/mol. The summed E-state index contributed by atoms with van der Waals surface area (Å²) in [5.74, 6) is -0.160. The topological polar surface area (TPSA) is 77.1 Å². The molecule has 1 heterocycles. The lowest BCUT2D eigenvalue weighted by molar-refractivity contribution is -0.157. The fourth-order valence-electron chi connectivity index (χ4n) is 3.13. The molecule has 7 heteroatoms. The van der Waals surface area contributed by atoms with Gasteiger partial charge in [-0.15, -0.1) is 0 Å². The third-order valence-corrected chi connectivity index (χ3v) is 6.63. The number of carbonyl (C=O) groups excluding carboxylic acids is 1. The molecule has 0 amide bonds. The van der Waals surface area contributed by atoms with Gasteiger partial charge in [-0.1, -0.05) is 49.1 Å². The van der Waals surface area contributed by atoms with E-state index in [1.54, 1.807) is 25.5 Å². The number of nitrogens with zero attached hydrogens (tertiary/aromatic N) is 3. The van der Waals surface area contributed by atoms with Crippen LogP contribution in [0.4, 0.5) is 0 Å². The van der Waals surface area contributed by atoms with Gasteiger partial charge in [0.2, 0.25) is 0 Å². The van der Waals surface area contributed by atoms with Crippen LogP contribution in [0.5, 0.6) is 0 Å². The van der Waals surface area contributed by atoms with E-state index in [0.29, 0.717) is 23.6 Å². The number of benzene rings is 1. The normalized spacial score (nSPS) is 12.7. The Kier molecular flexibility index (Phi) is 7.50. The van der Waals surface area contributed by atoms with E-state index in [-0.39, 0.29) is 6.61 Å². The first-order valence-corrected chi connectivity index (χ1v) is 14.0. The van der Waals surface area contributed by atoms with Crippen molar-refractivity contribution in [2.75, 3.05) is 6.61 Å². The van der Waals surface area contributed by atoms with Crippen molar-refractivity contribution < 1.29 is 14.3 Å². The molecule has 2 rings (SSSR count). The lowest BCUT2D eigenvalue weighted by Crippen LogP contribution is -2.37. The molecule has 0 unspecified atom stereocenters. The van der Waals surface area contributed by atoms with Crippen LogP contribution in [0.2, 0.25) is 19.6 Å². The molecular weight excluding hydrogens is 406 g/mol. The number of aryl methyl sites for hydroxylation is 2. The molecule has 31 heavy (non-hydrogen) atoms. The predicted octanol–water partition coefficient (Wildman–Crippen LogP) is 4.51. The molecule has 0 radical (unpaired) electrons. The number of aromatic nitrogens is 2. The first-order valence-electron chi connectivity index (χ1n) is 10.5. The monoisotopic (exact) mass is 439 g/mol. The van der Waals surface area contributed by atoms with Crippen molar-refractivity contribution in [1.29, 1.82) is 5.26 Å². The average molecular weight is 440 g/mol. The smallest absolute Gasteiger partial charge is 0.344 e. The van der Waals surface area contributed by atoms with Gasteiger partial charge in [0, 0.05) is 6.54 Å². The lowest BCUT2D eigenvalue weighted by atomic mass is 10.0. The van der Waals surface area contributed by atoms with Gasteiger partial charge in [0.1, 0.15) is 22.9 Å². The minimum atomic E-state index is -1.46. The van der Waals surface area contributed by atoms with Crippen LogP contribution >= 0.6 is 0 Å². The van der Waals surface area contributed by atoms with Crippen molar-refractivity contribution in [3.8, 4) is 6.07 Å². The van der Waals surface area contributed by atoms with Gasteiger partial charge in [0.25, 0.3) is 0 Å². The van der Waals surface area contributed by atoms with Gasteiger partial charge in [-0.2, -0.15) is 10.4 Å². The molecule has 166 valence electrons. The second-order valence-electron chi connectivity index (χ2n) is 9.51. The lowest BCUT2D eigenvalue weighted by Gasteiger charge is -2.20. The Hall–Kier alpha value is -2.85. The van der Waals surface area contributed by atoms with Crippen LogP contribution in [-0.2, 0) is 20.8 Å². The standard InChI is InChI=1S/C24H33N3O3Si/c1-9-27-21(14-17(2)26-27)23(29-16-22(28)30-24(3,4)5)20(15-25)18-10-12-19(13-11-18)31(6,7)8/h10-14H,9,16H2,1-8H3. The molecule has 2 aromatic rings. The highest BCUT2D eigenvalue weighted by Gasteiger charge is 2.23. The molecule has 0 fully saturated rings. The van der Waals surface area contributed by atoms with Crippen LogP contribution in [0.15, 0.2) is 30.3 Å². The Bertz CT molecular complexity index is 1000. The molecule has 0 atom stereocenters. The fraction of sp³-hybridized carbons (Fsp3) is 0.458. The number of ether oxygens (including phenoxy) is 2. The second-order valence-corrected chi connectivity index (χ2v) is 14.6. The van der Waals surface area contributed by atoms with Crippen molar-refractivity contribution in [3.63, 3.8) is 0 Å². The number of allylic oxidation sites excluding steroid dienone is 1. The SMILES string of the molecule is CCn1nc(C)cc1C(OCC(=O)OC(C)(C)C)=C(C#N)c1ccc([Si](C)(C)C)cc1. The summed E-state index contributed by atoms with van der Waals surface area (Å²) in [7, 11) is -1.46. The molecule has 1 aromatic carbocycles. The Morgan fingerprint density at radius 2 is 1.81 bits per heavy atom. The van der Waals surface area contributed by atoms with E-state index in [1.807, 2.05) is 32.0 Å². The van der Waals surface area contributed by atoms with Gasteiger partial charge in [-0.3, -0.25) is 4.68 Å². The molecular formula is C24H33N3O3Si. The largest absolute Gasteiger partial charge is 0.478 e. The summed E-state index contributed by atoms with van der Waals surface area (Å²) in [6.45, 7) is 16.4. The van der Waals surface area contributed by atoms with Crippen molar-refractivity contribution >= 4 is 30.6 Å². The Morgan fingerprint density at radius 1 is 1.19 bits per heavy atom. The Morgan fingerprint density at radius 3 is 2.29 bits per heavy atom. The number of nitriles is 1. The van der Waals surface area contributed by atoms with E-state index >= 15 is 0 Å². The van der Waals surface area contributed by atoms with E-state index in [2.05, 4.69) is 42.9 Å². The molecule has 0 aliphatic carbocycles. The van der Waals surface area contributed by atoms with E-state index in [9.17, 15) is 10.1 Å². The maximum atomic E-state index is 12.3. The molecule has 0 spiro atoms. The van der Waals surface area contributed by atoms with Crippen molar-refractivity contribution in [1.82, 2.24) is 9.78 Å². The zero-order valence-corrected chi connectivity index (χ0v) is 20.9. The van der Waals surface area contributed by atoms with Crippen LogP contribution in [0.25, 0.3) is 11.3 Å². The van der Waals surface area contributed by atoms with Gasteiger partial charge in [-0.25, -0.2) is 4.79 Å². The van der Waals surface area contributed by atoms with Gasteiger partial charge in [-0.05, 0) is 46.2 Å². The fourth-order valence-corrected chi connectivity index (χ4v) is 4.30. The Balaban J connectivity index is 2.54. The van der Waals surface area contributed by atoms with Crippen LogP contribution in [0.3, 0.4) is 0 Å². The highest BCUT2D eigenvalue weighted by atomic mass is 28.3. The molecule has 0 saturated heterocycles. The highest BCUT2D eigenvalue weighted by molar-refractivity contribution is 6.88. The molecule has 0 bridgehead atoms. The summed E-state index contributed by atoms with van der Waals surface area (Å²) >= 11 is 0. The molecule has 1 aromatic heterocycles. The van der Waals surface area contributed by atoms with Crippen LogP contribution in [-0.4, -0.2) is 36.0 Å². The highest BCUT2D eigenvalue weighted by Crippen LogP contribution is 2.28. The van der Waals surface area contributed by atoms with Crippen molar-refractivity contribution in [3.05, 3.63) is 47.3 Å². The minimum absolute atomic E-state index is 0.293. The molecule has 0 N–H and O–H groups in total. The number of hydrogen-bond donors (Lipinski definition) is 0. The van der Waals surface area contributed by atoms with E-state index in [0.717, 1.165) is 11.3 Å². The maximum absolute atomic E-state index is 12.3. The van der Waals surface area contributed by atoms with Crippen molar-refractivity contribution in [2.24, 2.45) is 0 Å². The summed E-state index contributed by atoms with van der Waals surface area (Å²) < 4.78 is 13.1. The zero-order valence-electron chi connectivity index (χ0n) is 19.9. The van der Waals surface area contributed by atoms with Gasteiger partial charge >= 0.3 is 5.97 Å². The summed E-state index contributed by atoms with van der Waals surface area (Å²) in [5, 5.41) is 15.8. The summed E-state index contributed by atoms with van der Waals surface area (Å²) in [5.41, 5.74) is 1.96. The van der Waals surface area contributed by atoms with E-state index in [4.69, 9.17) is 9.47 Å². The third kappa shape index (κ3) is 6.56. The summed E-state index contributed by atoms with van der Waals surface area (Å²) in [4.78, 5) is 12.3. The number of carbonyl (C=O) groups is 1. The quantitative estimate of drug-likeness (QED) is 0.275. The van der Waals surface area contributed by atoms with E-state index in [1.165, 1.54) is 5.19 Å². The third-order valence-electron chi connectivity index (χ3n) is 4.57. The molecule has 0 saturated carbocycles. The van der Waals surface area contributed by atoms with Crippen molar-refractivity contribution in [2.45, 2.75) is 66.4 Å². The first-order chi connectivity index (χ1) is 14.4. The van der Waals surface area contributed by atoms with Gasteiger partial charge in [0.15, 0.2) is 12.4 Å². The molecule has 0 aliphatic heterocycles. The summed E-state index contributed by atoms with van der Waals surface area (Å²) in [6, 6.07) is 12.2. The van der Waals surface area contributed by atoms with Crippen LogP contribution in [0.1, 0.15) is 44.6 Å². The molecule has 6 nitrogen and oxygen atoms in total. The molecule has 0 aliphatic rings. The van der Waals surface area contributed by atoms with Crippen LogP contribution < -0.4 is 5.19 Å². The minimum Gasteiger partial charge on any atom is -0.478 e. The second kappa shape index (κ2) is 9.52.